The number of nitrogens with zero attached hydrogens (tertiary/aromatic N) is 2. The van der Waals surface area contributed by atoms with Gasteiger partial charge in [0.05, 0.1) is 10.9 Å². The highest BCUT2D eigenvalue weighted by atomic mass is 79.9. The molecule has 5 nitrogen and oxygen atoms in total. The van der Waals surface area contributed by atoms with E-state index in [1.807, 2.05) is 0 Å². The molecule has 0 saturated carbocycles. The predicted molar refractivity (Wildman–Crippen MR) is 49.0 cm³/mol. The fourth-order valence-corrected chi connectivity index (χ4v) is 1.06. The molecule has 0 bridgehead atoms. The summed E-state index contributed by atoms with van der Waals surface area (Å²) in [6.45, 7) is 0. The number of hydrogen-bond acceptors (Lipinski definition) is 4. The summed E-state index contributed by atoms with van der Waals surface area (Å²) in [7, 11) is 0. The number of hydrogen-bond donors (Lipinski definition) is 0. The Morgan fingerprint density at radius 1 is 1.62 bits per heavy atom. The number of carbonyl (C=O) groups is 1. The van der Waals surface area contributed by atoms with Gasteiger partial charge in [0.2, 0.25) is 0 Å². The van der Waals surface area contributed by atoms with Crippen LogP contribution in [0, 0.1) is 10.1 Å². The molecule has 0 atom stereocenters. The first-order chi connectivity index (χ1) is 6.15. The number of pyridine rings is 1. The van der Waals surface area contributed by atoms with E-state index in [-0.39, 0.29) is 16.9 Å². The highest BCUT2D eigenvalue weighted by molar-refractivity contribution is 9.09. The van der Waals surface area contributed by atoms with Crippen LogP contribution >= 0.6 is 15.9 Å². The van der Waals surface area contributed by atoms with Crippen LogP contribution in [0.4, 0.5) is 5.82 Å². The molecule has 1 heterocycles. The van der Waals surface area contributed by atoms with Gasteiger partial charge in [0, 0.05) is 6.07 Å². The Kier molecular flexibility index (Phi) is 3.07. The fourth-order valence-electron chi connectivity index (χ4n) is 0.736. The van der Waals surface area contributed by atoms with Crippen LogP contribution in [0.5, 0.6) is 0 Å². The third-order valence-electron chi connectivity index (χ3n) is 1.38. The molecule has 0 radical (unpaired) electrons. The molecule has 0 saturated heterocycles. The van der Waals surface area contributed by atoms with Gasteiger partial charge in [-0.25, -0.2) is 0 Å². The molecule has 0 unspecified atom stereocenters. The van der Waals surface area contributed by atoms with Gasteiger partial charge in [0.25, 0.3) is 0 Å². The van der Waals surface area contributed by atoms with E-state index in [9.17, 15) is 14.9 Å². The van der Waals surface area contributed by atoms with E-state index in [2.05, 4.69) is 20.9 Å². The summed E-state index contributed by atoms with van der Waals surface area (Å²) in [6, 6.07) is 2.59. The lowest BCUT2D eigenvalue weighted by atomic mass is 10.2. The van der Waals surface area contributed by atoms with Crippen molar-refractivity contribution >= 4 is 27.5 Å². The van der Waals surface area contributed by atoms with Gasteiger partial charge in [0.15, 0.2) is 12.0 Å². The van der Waals surface area contributed by atoms with Crippen LogP contribution in [0.3, 0.4) is 0 Å². The molecule has 1 aromatic rings. The average molecular weight is 245 g/mol. The van der Waals surface area contributed by atoms with Gasteiger partial charge in [-0.15, -0.1) is 0 Å². The zero-order chi connectivity index (χ0) is 9.84. The number of halogens is 1. The lowest BCUT2D eigenvalue weighted by Gasteiger charge is -1.93. The Morgan fingerprint density at radius 2 is 2.31 bits per heavy atom. The van der Waals surface area contributed by atoms with Crippen molar-refractivity contribution in [2.75, 3.05) is 5.33 Å². The van der Waals surface area contributed by atoms with Crippen LogP contribution < -0.4 is 0 Å². The molecule has 0 aliphatic heterocycles. The Labute approximate surface area is 82.1 Å². The smallest absolute Gasteiger partial charge is 0.358 e. The number of carbonyl (C=O) groups excluding carboxylic acids is 1. The van der Waals surface area contributed by atoms with Gasteiger partial charge in [-0.1, -0.05) is 15.9 Å². The number of rotatable bonds is 3. The topological polar surface area (TPSA) is 73.1 Å². The molecule has 6 heteroatoms. The number of nitro groups is 1. The van der Waals surface area contributed by atoms with Crippen LogP contribution in [-0.4, -0.2) is 21.0 Å². The second kappa shape index (κ2) is 4.08. The zero-order valence-corrected chi connectivity index (χ0v) is 8.02. The third-order valence-corrected chi connectivity index (χ3v) is 1.89. The lowest BCUT2D eigenvalue weighted by molar-refractivity contribution is -0.389. The Morgan fingerprint density at radius 3 is 2.69 bits per heavy atom. The molecular formula is C7H5BrN2O3. The first-order valence-corrected chi connectivity index (χ1v) is 4.47. The van der Waals surface area contributed by atoms with Crippen LogP contribution in [0.1, 0.15) is 10.4 Å². The molecule has 1 rings (SSSR count). The summed E-state index contributed by atoms with van der Waals surface area (Å²) in [5.41, 5.74) is 0.363. The summed E-state index contributed by atoms with van der Waals surface area (Å²) in [4.78, 5) is 24.1. The Bertz CT molecular complexity index is 336. The average Bonchev–Trinajstić information content (AvgIpc) is 2.17. The Hall–Kier alpha value is -1.30. The molecule has 0 spiro atoms. The molecule has 0 fully saturated rings. The van der Waals surface area contributed by atoms with E-state index in [1.54, 1.807) is 0 Å². The van der Waals surface area contributed by atoms with E-state index < -0.39 is 4.92 Å². The first kappa shape index (κ1) is 9.79. The van der Waals surface area contributed by atoms with E-state index >= 15 is 0 Å². The summed E-state index contributed by atoms with van der Waals surface area (Å²) < 4.78 is 0. The molecule has 0 aromatic carbocycles. The number of Topliss-reactive ketones (excluding diaryl/α,β-unsaturated/α-hetero) is 1. The minimum absolute atomic E-state index is 0.151. The maximum Gasteiger partial charge on any atom is 0.363 e. The highest BCUT2D eigenvalue weighted by Gasteiger charge is 2.10. The lowest BCUT2D eigenvalue weighted by Crippen LogP contribution is -2.01. The van der Waals surface area contributed by atoms with Crippen molar-refractivity contribution in [3.8, 4) is 0 Å². The molecule has 0 N–H and O–H groups in total. The molecule has 0 amide bonds. The van der Waals surface area contributed by atoms with Gasteiger partial charge < -0.3 is 10.1 Å². The number of ketones is 1. The normalized spacial score (nSPS) is 9.62. The van der Waals surface area contributed by atoms with Gasteiger partial charge in [0.1, 0.15) is 0 Å². The van der Waals surface area contributed by atoms with Crippen LogP contribution in [0.15, 0.2) is 18.3 Å². The van der Waals surface area contributed by atoms with E-state index in [0.717, 1.165) is 0 Å². The number of aromatic nitrogens is 1. The summed E-state index contributed by atoms with van der Waals surface area (Å²) in [6.07, 6.45) is 1.20. The summed E-state index contributed by atoms with van der Waals surface area (Å²) >= 11 is 2.99. The third kappa shape index (κ3) is 2.32. The minimum Gasteiger partial charge on any atom is -0.358 e. The summed E-state index contributed by atoms with van der Waals surface area (Å²) in [5.74, 6) is -0.409. The van der Waals surface area contributed by atoms with Crippen LogP contribution in [-0.2, 0) is 0 Å². The molecule has 0 aliphatic rings. The van der Waals surface area contributed by atoms with Gasteiger partial charge in [-0.2, -0.15) is 0 Å². The van der Waals surface area contributed by atoms with Crippen LogP contribution in [0.25, 0.3) is 0 Å². The van der Waals surface area contributed by atoms with Gasteiger partial charge >= 0.3 is 5.82 Å². The van der Waals surface area contributed by atoms with Crippen molar-refractivity contribution in [1.29, 1.82) is 0 Å². The van der Waals surface area contributed by atoms with Crippen LogP contribution in [0.2, 0.25) is 0 Å². The summed E-state index contributed by atoms with van der Waals surface area (Å²) in [5, 5.41) is 10.4. The van der Waals surface area contributed by atoms with Crippen molar-refractivity contribution in [1.82, 2.24) is 4.98 Å². The van der Waals surface area contributed by atoms with Crippen molar-refractivity contribution < 1.29 is 9.72 Å². The maximum absolute atomic E-state index is 11.0. The quantitative estimate of drug-likeness (QED) is 0.350. The van der Waals surface area contributed by atoms with E-state index in [0.29, 0.717) is 5.56 Å². The standard InChI is InChI=1S/C7H5BrN2O3/c8-3-6(11)5-1-2-7(9-4-5)10(12)13/h1-2,4H,3H2. The second-order valence-electron chi connectivity index (χ2n) is 2.22. The van der Waals surface area contributed by atoms with E-state index in [1.165, 1.54) is 18.3 Å². The van der Waals surface area contributed by atoms with E-state index in [4.69, 9.17) is 0 Å². The first-order valence-electron chi connectivity index (χ1n) is 3.34. The molecule has 1 aromatic heterocycles. The van der Waals surface area contributed by atoms with Crippen molar-refractivity contribution in [2.24, 2.45) is 0 Å². The van der Waals surface area contributed by atoms with Gasteiger partial charge in [-0.3, -0.25) is 4.79 Å². The maximum atomic E-state index is 11.0. The minimum atomic E-state index is -0.609. The molecule has 68 valence electrons. The zero-order valence-electron chi connectivity index (χ0n) is 6.44. The molecular weight excluding hydrogens is 240 g/mol. The van der Waals surface area contributed by atoms with Crippen molar-refractivity contribution in [3.05, 3.63) is 34.0 Å². The van der Waals surface area contributed by atoms with Crippen molar-refractivity contribution in [3.63, 3.8) is 0 Å². The fraction of sp³-hybridized carbons (Fsp3) is 0.143. The van der Waals surface area contributed by atoms with Gasteiger partial charge in [-0.05, 0) is 16.0 Å². The second-order valence-corrected chi connectivity index (χ2v) is 2.78. The SMILES string of the molecule is O=C(CBr)c1ccc([N+](=O)[O-])nc1. The predicted octanol–water partition coefficient (Wildman–Crippen LogP) is 1.57. The largest absolute Gasteiger partial charge is 0.363 e. The molecule has 13 heavy (non-hydrogen) atoms. The molecule has 0 aliphatic carbocycles. The van der Waals surface area contributed by atoms with Crippen molar-refractivity contribution in [2.45, 2.75) is 0 Å². The highest BCUT2D eigenvalue weighted by Crippen LogP contribution is 2.08. The number of alkyl halides is 1. The Balaban J connectivity index is 2.93. The monoisotopic (exact) mass is 244 g/mol.